The van der Waals surface area contributed by atoms with Gasteiger partial charge in [0, 0.05) is 31.8 Å². The van der Waals surface area contributed by atoms with Crippen LogP contribution in [0.1, 0.15) is 82.9 Å². The number of nitrogens with one attached hydrogen (secondary N) is 2. The predicted molar refractivity (Wildman–Crippen MR) is 141 cm³/mol. The summed E-state index contributed by atoms with van der Waals surface area (Å²) in [6, 6.07) is -1.11. The number of hydrogen-bond acceptors (Lipinski definition) is 9. The van der Waals surface area contributed by atoms with Crippen molar-refractivity contribution in [3.05, 3.63) is 16.1 Å². The number of thiazole rings is 1. The maximum Gasteiger partial charge on any atom is 0.303 e. The molecular formula is C25H43N5O6S. The highest BCUT2D eigenvalue weighted by Crippen LogP contribution is 2.31. The van der Waals surface area contributed by atoms with E-state index in [1.54, 1.807) is 30.7 Å². The van der Waals surface area contributed by atoms with Crippen molar-refractivity contribution in [1.29, 1.82) is 0 Å². The van der Waals surface area contributed by atoms with Crippen molar-refractivity contribution in [2.45, 2.75) is 85.0 Å². The molecule has 0 radical (unpaired) electrons. The van der Waals surface area contributed by atoms with Gasteiger partial charge < -0.3 is 15.0 Å². The molecule has 210 valence electrons. The van der Waals surface area contributed by atoms with Gasteiger partial charge in [0.2, 0.25) is 11.8 Å². The molecule has 1 heterocycles. The summed E-state index contributed by atoms with van der Waals surface area (Å²) in [5, 5.41) is 13.7. The number of hydrogen-bond donors (Lipinski definition) is 3. The molecule has 0 fully saturated rings. The standard InChI is InChI=1S/C25H43N5O6S/c1-11-15(4)20(27-24(34)25(6,7)29(8)9)23(33)30(10)18(14(2)3)12-19(36-16(5)31)22-26-17(13-37-22)21(32)28-35/h13-15,18-20,35H,11-12H2,1-10H3,(H,27,34)(H,28,32)/t15-,18+,19+,20-/m0/s1. The molecule has 0 saturated heterocycles. The van der Waals surface area contributed by atoms with Crippen molar-refractivity contribution in [3.63, 3.8) is 0 Å². The first kappa shape index (κ1) is 32.5. The molecule has 0 spiro atoms. The van der Waals surface area contributed by atoms with Crippen molar-refractivity contribution in [1.82, 2.24) is 25.6 Å². The van der Waals surface area contributed by atoms with Crippen LogP contribution in [-0.2, 0) is 19.1 Å². The van der Waals surface area contributed by atoms with Crippen LogP contribution >= 0.6 is 11.3 Å². The molecule has 12 heteroatoms. The molecule has 0 aliphatic heterocycles. The second kappa shape index (κ2) is 13.8. The number of carbonyl (C=O) groups excluding carboxylic acids is 4. The van der Waals surface area contributed by atoms with Gasteiger partial charge in [0.25, 0.3) is 5.91 Å². The van der Waals surface area contributed by atoms with Gasteiger partial charge in [0.1, 0.15) is 16.7 Å². The number of likely N-dealkylation sites (N-methyl/N-ethyl adjacent to an activating group) is 2. The van der Waals surface area contributed by atoms with Crippen LogP contribution in [0.3, 0.4) is 0 Å². The first-order chi connectivity index (χ1) is 17.1. The Morgan fingerprint density at radius 2 is 1.76 bits per heavy atom. The topological polar surface area (TPSA) is 141 Å². The van der Waals surface area contributed by atoms with Crippen molar-refractivity contribution in [2.24, 2.45) is 11.8 Å². The molecule has 1 aromatic rings. The Hall–Kier alpha value is -2.57. The van der Waals surface area contributed by atoms with E-state index >= 15 is 0 Å². The molecule has 0 aromatic carbocycles. The molecule has 3 N–H and O–H groups in total. The lowest BCUT2D eigenvalue weighted by Crippen LogP contribution is -2.60. The number of nitrogens with zero attached hydrogens (tertiary/aromatic N) is 3. The van der Waals surface area contributed by atoms with Crippen LogP contribution < -0.4 is 10.8 Å². The highest BCUT2D eigenvalue weighted by molar-refractivity contribution is 7.09. The molecule has 0 aliphatic carbocycles. The van der Waals surface area contributed by atoms with E-state index < -0.39 is 29.6 Å². The fourth-order valence-electron chi connectivity index (χ4n) is 3.68. The third-order valence-corrected chi connectivity index (χ3v) is 7.89. The number of ether oxygens (including phenoxy) is 1. The lowest BCUT2D eigenvalue weighted by Gasteiger charge is -2.38. The third-order valence-electron chi connectivity index (χ3n) is 6.95. The summed E-state index contributed by atoms with van der Waals surface area (Å²) in [5.74, 6) is -1.94. The van der Waals surface area contributed by atoms with Crippen molar-refractivity contribution in [3.8, 4) is 0 Å². The van der Waals surface area contributed by atoms with E-state index in [0.29, 0.717) is 11.4 Å². The average Bonchev–Trinajstić information content (AvgIpc) is 3.32. The number of amides is 3. The first-order valence-corrected chi connectivity index (χ1v) is 13.3. The minimum Gasteiger partial charge on any atom is -0.455 e. The van der Waals surface area contributed by atoms with Crippen molar-refractivity contribution < 1.29 is 29.1 Å². The van der Waals surface area contributed by atoms with E-state index in [9.17, 15) is 19.2 Å². The van der Waals surface area contributed by atoms with E-state index in [0.717, 1.165) is 11.3 Å². The van der Waals surface area contributed by atoms with E-state index in [2.05, 4.69) is 10.3 Å². The molecule has 11 nitrogen and oxygen atoms in total. The van der Waals surface area contributed by atoms with Gasteiger partial charge >= 0.3 is 5.97 Å². The van der Waals surface area contributed by atoms with Gasteiger partial charge in [-0.15, -0.1) is 11.3 Å². The average molecular weight is 542 g/mol. The van der Waals surface area contributed by atoms with Gasteiger partial charge in [-0.1, -0.05) is 34.1 Å². The van der Waals surface area contributed by atoms with Crippen LogP contribution in [0.4, 0.5) is 0 Å². The van der Waals surface area contributed by atoms with E-state index in [-0.39, 0.29) is 41.8 Å². The number of rotatable bonds is 13. The Labute approximate surface area is 223 Å². The van der Waals surface area contributed by atoms with Gasteiger partial charge in [-0.3, -0.25) is 29.3 Å². The monoisotopic (exact) mass is 541 g/mol. The van der Waals surface area contributed by atoms with E-state index in [1.165, 1.54) is 17.8 Å². The Morgan fingerprint density at radius 3 is 2.22 bits per heavy atom. The molecule has 0 aliphatic rings. The van der Waals surface area contributed by atoms with Crippen molar-refractivity contribution in [2.75, 3.05) is 21.1 Å². The summed E-state index contributed by atoms with van der Waals surface area (Å²) in [6.07, 6.45) is 0.108. The van der Waals surface area contributed by atoms with Crippen LogP contribution in [0, 0.1) is 11.8 Å². The molecular weight excluding hydrogens is 498 g/mol. The molecule has 1 aromatic heterocycles. The second-order valence-corrected chi connectivity index (χ2v) is 11.3. The summed E-state index contributed by atoms with van der Waals surface area (Å²) in [7, 11) is 5.30. The summed E-state index contributed by atoms with van der Waals surface area (Å²) in [5.41, 5.74) is 0.715. The Kier molecular flexibility index (Phi) is 12.1. The lowest BCUT2D eigenvalue weighted by molar-refractivity contribution is -0.149. The summed E-state index contributed by atoms with van der Waals surface area (Å²) in [4.78, 5) is 58.1. The van der Waals surface area contributed by atoms with Gasteiger partial charge in [0.05, 0.1) is 5.54 Å². The Balaban J connectivity index is 3.29. The molecule has 3 amide bonds. The molecule has 1 rings (SSSR count). The van der Waals surface area contributed by atoms with Gasteiger partial charge in [-0.05, 0) is 39.8 Å². The van der Waals surface area contributed by atoms with Gasteiger partial charge in [0.15, 0.2) is 6.10 Å². The summed E-state index contributed by atoms with van der Waals surface area (Å²) >= 11 is 1.12. The minimum absolute atomic E-state index is 0.00627. The fourth-order valence-corrected chi connectivity index (χ4v) is 4.52. The first-order valence-electron chi connectivity index (χ1n) is 12.4. The van der Waals surface area contributed by atoms with Crippen LogP contribution in [0.25, 0.3) is 0 Å². The largest absolute Gasteiger partial charge is 0.455 e. The third kappa shape index (κ3) is 8.47. The lowest BCUT2D eigenvalue weighted by atomic mass is 9.92. The van der Waals surface area contributed by atoms with E-state index in [1.807, 2.05) is 41.8 Å². The van der Waals surface area contributed by atoms with Gasteiger partial charge in [-0.2, -0.15) is 0 Å². The summed E-state index contributed by atoms with van der Waals surface area (Å²) in [6.45, 7) is 12.7. The van der Waals surface area contributed by atoms with Crippen LogP contribution in [-0.4, -0.2) is 82.4 Å². The highest BCUT2D eigenvalue weighted by Gasteiger charge is 2.38. The number of carbonyl (C=O) groups is 4. The van der Waals surface area contributed by atoms with Crippen LogP contribution in [0.2, 0.25) is 0 Å². The maximum atomic E-state index is 13.8. The minimum atomic E-state index is -0.814. The summed E-state index contributed by atoms with van der Waals surface area (Å²) < 4.78 is 5.54. The molecule has 0 saturated carbocycles. The number of esters is 1. The quantitative estimate of drug-likeness (QED) is 0.197. The molecule has 37 heavy (non-hydrogen) atoms. The molecule has 0 bridgehead atoms. The Morgan fingerprint density at radius 1 is 1.16 bits per heavy atom. The fraction of sp³-hybridized carbons (Fsp3) is 0.720. The number of hydroxylamine groups is 1. The normalized spacial score (nSPS) is 15.1. The zero-order valence-electron chi connectivity index (χ0n) is 23.6. The second-order valence-electron chi connectivity index (χ2n) is 10.4. The molecule has 0 unspecified atom stereocenters. The van der Waals surface area contributed by atoms with Crippen LogP contribution in [0.15, 0.2) is 5.38 Å². The number of aromatic nitrogens is 1. The molecule has 4 atom stereocenters. The Bertz CT molecular complexity index is 948. The SMILES string of the molecule is CC[C@H](C)[C@H](NC(=O)C(C)(C)N(C)C)C(=O)N(C)[C@H](C[C@@H](OC(C)=O)c1nc(C(=O)NO)cs1)C(C)C. The zero-order valence-corrected chi connectivity index (χ0v) is 24.4. The zero-order chi connectivity index (χ0) is 28.7. The van der Waals surface area contributed by atoms with Crippen molar-refractivity contribution >= 4 is 35.0 Å². The smallest absolute Gasteiger partial charge is 0.303 e. The van der Waals surface area contributed by atoms with E-state index in [4.69, 9.17) is 9.94 Å². The van der Waals surface area contributed by atoms with Crippen LogP contribution in [0.5, 0.6) is 0 Å². The predicted octanol–water partition coefficient (Wildman–Crippen LogP) is 2.61. The highest BCUT2D eigenvalue weighted by atomic mass is 32.1. The maximum absolute atomic E-state index is 13.8. The van der Waals surface area contributed by atoms with Gasteiger partial charge in [-0.25, -0.2) is 10.5 Å².